The van der Waals surface area contributed by atoms with Crippen molar-refractivity contribution in [3.63, 3.8) is 0 Å². The SMILES string of the molecule is C=CC[N+]12CCC(CC1)[C@@H](OC(=O)C1(C)c3ccccc3Oc3ccccc31)C2.[Br-]. The second-order valence-corrected chi connectivity index (χ2v) is 8.94. The highest BCUT2D eigenvalue weighted by atomic mass is 79.9. The van der Waals surface area contributed by atoms with Crippen LogP contribution in [0.5, 0.6) is 11.5 Å². The van der Waals surface area contributed by atoms with Gasteiger partial charge in [0, 0.05) is 29.9 Å². The second kappa shape index (κ2) is 7.86. The molecule has 6 rings (SSSR count). The maximum Gasteiger partial charge on any atom is 0.321 e. The molecule has 3 saturated heterocycles. The Kier molecular flexibility index (Phi) is 5.54. The topological polar surface area (TPSA) is 35.5 Å². The number of nitrogens with zero attached hydrogens (tertiary/aromatic N) is 1. The fourth-order valence-electron chi connectivity index (χ4n) is 5.56. The average Bonchev–Trinajstić information content (AvgIpc) is 2.75. The minimum atomic E-state index is -0.874. The quantitative estimate of drug-likeness (QED) is 0.386. The van der Waals surface area contributed by atoms with Gasteiger partial charge in [-0.2, -0.15) is 0 Å². The van der Waals surface area contributed by atoms with Gasteiger partial charge in [-0.15, -0.1) is 0 Å². The van der Waals surface area contributed by atoms with Crippen LogP contribution in [0.15, 0.2) is 61.2 Å². The molecule has 0 unspecified atom stereocenters. The Morgan fingerprint density at radius 3 is 2.27 bits per heavy atom. The van der Waals surface area contributed by atoms with Crippen molar-refractivity contribution >= 4 is 5.97 Å². The molecule has 3 fully saturated rings. The summed E-state index contributed by atoms with van der Waals surface area (Å²) in [7, 11) is 0. The van der Waals surface area contributed by atoms with Crippen LogP contribution in [-0.4, -0.2) is 42.7 Å². The molecule has 158 valence electrons. The number of esters is 1. The van der Waals surface area contributed by atoms with E-state index in [9.17, 15) is 4.79 Å². The predicted octanol–water partition coefficient (Wildman–Crippen LogP) is 1.44. The summed E-state index contributed by atoms with van der Waals surface area (Å²) >= 11 is 0. The van der Waals surface area contributed by atoms with Gasteiger partial charge in [0.1, 0.15) is 23.5 Å². The third-order valence-electron chi connectivity index (χ3n) is 7.30. The number of carbonyl (C=O) groups excluding carboxylic acids is 1. The van der Waals surface area contributed by atoms with Crippen LogP contribution in [0.3, 0.4) is 0 Å². The number of rotatable bonds is 4. The van der Waals surface area contributed by atoms with Crippen LogP contribution in [0.1, 0.15) is 30.9 Å². The van der Waals surface area contributed by atoms with Crippen molar-refractivity contribution in [2.45, 2.75) is 31.3 Å². The molecule has 30 heavy (non-hydrogen) atoms. The first kappa shape index (κ1) is 21.1. The molecule has 0 spiro atoms. The zero-order valence-electron chi connectivity index (χ0n) is 17.4. The van der Waals surface area contributed by atoms with Gasteiger partial charge in [0.05, 0.1) is 19.6 Å². The summed E-state index contributed by atoms with van der Waals surface area (Å²) in [6, 6.07) is 15.6. The maximum atomic E-state index is 13.7. The lowest BCUT2D eigenvalue weighted by Crippen LogP contribution is -3.00. The molecule has 2 bridgehead atoms. The molecule has 2 aromatic carbocycles. The number of ether oxygens (including phenoxy) is 2. The van der Waals surface area contributed by atoms with Gasteiger partial charge in [-0.3, -0.25) is 4.79 Å². The van der Waals surface area contributed by atoms with Crippen LogP contribution in [0.2, 0.25) is 0 Å². The Bertz CT molecular complexity index is 919. The van der Waals surface area contributed by atoms with Crippen molar-refractivity contribution in [1.82, 2.24) is 0 Å². The maximum absolute atomic E-state index is 13.7. The molecular weight excluding hydrogens is 442 g/mol. The molecule has 0 amide bonds. The predicted molar refractivity (Wildman–Crippen MR) is 112 cm³/mol. The normalized spacial score (nSPS) is 27.6. The van der Waals surface area contributed by atoms with Gasteiger partial charge in [-0.25, -0.2) is 0 Å². The van der Waals surface area contributed by atoms with Crippen molar-refractivity contribution < 1.29 is 35.7 Å². The molecule has 2 aromatic rings. The van der Waals surface area contributed by atoms with Gasteiger partial charge in [-0.1, -0.05) is 43.0 Å². The number of hydrogen-bond donors (Lipinski definition) is 0. The summed E-state index contributed by atoms with van der Waals surface area (Å²) in [5, 5.41) is 0. The summed E-state index contributed by atoms with van der Waals surface area (Å²) in [4.78, 5) is 13.7. The van der Waals surface area contributed by atoms with Gasteiger partial charge in [0.25, 0.3) is 0 Å². The van der Waals surface area contributed by atoms with Crippen molar-refractivity contribution in [3.8, 4) is 11.5 Å². The van der Waals surface area contributed by atoms with E-state index < -0.39 is 5.41 Å². The minimum Gasteiger partial charge on any atom is -1.00 e. The van der Waals surface area contributed by atoms with E-state index >= 15 is 0 Å². The number of piperidine rings is 3. The lowest BCUT2D eigenvalue weighted by atomic mass is 9.73. The lowest BCUT2D eigenvalue weighted by Gasteiger charge is -2.52. The Balaban J connectivity index is 0.00000218. The third-order valence-corrected chi connectivity index (χ3v) is 7.30. The van der Waals surface area contributed by atoms with Crippen LogP contribution < -0.4 is 21.7 Å². The van der Waals surface area contributed by atoms with Crippen molar-refractivity contribution in [2.75, 3.05) is 26.2 Å². The molecule has 0 saturated carbocycles. The second-order valence-electron chi connectivity index (χ2n) is 8.94. The molecule has 4 aliphatic heterocycles. The molecule has 4 aliphatic rings. The van der Waals surface area contributed by atoms with E-state index in [0.29, 0.717) is 5.92 Å². The van der Waals surface area contributed by atoms with Crippen LogP contribution in [0.4, 0.5) is 0 Å². The molecule has 1 atom stereocenters. The summed E-state index contributed by atoms with van der Waals surface area (Å²) in [6.45, 7) is 10.1. The molecule has 0 aliphatic carbocycles. The molecular formula is C25H28BrNO3. The van der Waals surface area contributed by atoms with Gasteiger partial charge in [0.15, 0.2) is 6.10 Å². The van der Waals surface area contributed by atoms with Gasteiger partial charge in [-0.05, 0) is 25.1 Å². The van der Waals surface area contributed by atoms with E-state index in [2.05, 4.69) is 6.58 Å². The number of halogens is 1. The Labute approximate surface area is 188 Å². The number of quaternary nitrogens is 1. The van der Waals surface area contributed by atoms with Crippen LogP contribution in [0, 0.1) is 5.92 Å². The summed E-state index contributed by atoms with van der Waals surface area (Å²) in [5.41, 5.74) is 0.876. The van der Waals surface area contributed by atoms with Crippen LogP contribution in [-0.2, 0) is 14.9 Å². The number of hydrogen-bond acceptors (Lipinski definition) is 3. The first-order valence-electron chi connectivity index (χ1n) is 10.6. The van der Waals surface area contributed by atoms with Crippen molar-refractivity contribution in [1.29, 1.82) is 0 Å². The van der Waals surface area contributed by atoms with Gasteiger partial charge < -0.3 is 30.9 Å². The molecule has 0 aromatic heterocycles. The summed E-state index contributed by atoms with van der Waals surface area (Å²) < 4.78 is 13.4. The van der Waals surface area contributed by atoms with Crippen LogP contribution >= 0.6 is 0 Å². The molecule has 4 heterocycles. The fraction of sp³-hybridized carbons (Fsp3) is 0.400. The number of fused-ring (bicyclic) bond motifs is 5. The molecule has 0 N–H and O–H groups in total. The lowest BCUT2D eigenvalue weighted by molar-refractivity contribution is -0.941. The van der Waals surface area contributed by atoms with E-state index in [1.165, 1.54) is 13.1 Å². The Hall–Kier alpha value is -2.11. The number of carbonyl (C=O) groups is 1. The van der Waals surface area contributed by atoms with E-state index in [0.717, 1.165) is 53.0 Å². The highest BCUT2D eigenvalue weighted by Crippen LogP contribution is 2.49. The van der Waals surface area contributed by atoms with Gasteiger partial charge in [0.2, 0.25) is 0 Å². The third kappa shape index (κ3) is 3.19. The molecule has 0 radical (unpaired) electrons. The zero-order chi connectivity index (χ0) is 20.1. The largest absolute Gasteiger partial charge is 1.00 e. The number of para-hydroxylation sites is 2. The first-order valence-corrected chi connectivity index (χ1v) is 10.6. The van der Waals surface area contributed by atoms with E-state index in [1.807, 2.05) is 61.5 Å². The van der Waals surface area contributed by atoms with Crippen molar-refractivity contribution in [2.24, 2.45) is 5.92 Å². The summed E-state index contributed by atoms with van der Waals surface area (Å²) in [5.74, 6) is 1.76. The number of benzene rings is 2. The van der Waals surface area contributed by atoms with E-state index in [4.69, 9.17) is 9.47 Å². The monoisotopic (exact) mass is 469 g/mol. The Morgan fingerprint density at radius 1 is 1.13 bits per heavy atom. The molecule has 4 nitrogen and oxygen atoms in total. The van der Waals surface area contributed by atoms with E-state index in [1.54, 1.807) is 0 Å². The Morgan fingerprint density at radius 2 is 1.70 bits per heavy atom. The van der Waals surface area contributed by atoms with Crippen molar-refractivity contribution in [3.05, 3.63) is 72.3 Å². The highest BCUT2D eigenvalue weighted by Gasteiger charge is 2.51. The highest BCUT2D eigenvalue weighted by molar-refractivity contribution is 5.90. The van der Waals surface area contributed by atoms with E-state index in [-0.39, 0.29) is 29.1 Å². The summed E-state index contributed by atoms with van der Waals surface area (Å²) in [6.07, 6.45) is 4.23. The molecule has 5 heteroatoms. The van der Waals surface area contributed by atoms with Crippen LogP contribution in [0.25, 0.3) is 0 Å². The smallest absolute Gasteiger partial charge is 0.321 e. The fourth-order valence-corrected chi connectivity index (χ4v) is 5.56. The zero-order valence-corrected chi connectivity index (χ0v) is 18.9. The minimum absolute atomic E-state index is 0. The standard InChI is InChI=1S/C25H28NO3.BrH/c1-3-14-26-15-12-18(13-16-26)23(17-26)29-24(27)25(2)19-8-4-6-10-21(19)28-22-11-7-5-9-20(22)25;/h3-11,18,23H,1,12-17H2,2H3;1H/q+1;/p-1/t18?,23-,26?;/m0./s1. The average molecular weight is 470 g/mol. The van der Waals surface area contributed by atoms with Gasteiger partial charge >= 0.3 is 5.97 Å². The first-order chi connectivity index (χ1) is 14.1.